The van der Waals surface area contributed by atoms with Crippen LogP contribution in [0.3, 0.4) is 0 Å². The largest absolute Gasteiger partial charge is 0.444 e. The van der Waals surface area contributed by atoms with Gasteiger partial charge in [0.2, 0.25) is 0 Å². The van der Waals surface area contributed by atoms with E-state index in [9.17, 15) is 4.79 Å². The third kappa shape index (κ3) is 3.47. The number of anilines is 1. The number of fused-ring (bicyclic) bond motifs is 3. The van der Waals surface area contributed by atoms with Crippen LogP contribution in [0, 0.1) is 0 Å². The monoisotopic (exact) mass is 344 g/mol. The summed E-state index contributed by atoms with van der Waals surface area (Å²) in [6.45, 7) is 7.23. The third-order valence-electron chi connectivity index (χ3n) is 5.43. The van der Waals surface area contributed by atoms with E-state index < -0.39 is 5.60 Å². The van der Waals surface area contributed by atoms with E-state index in [1.807, 2.05) is 25.7 Å². The van der Waals surface area contributed by atoms with Crippen molar-refractivity contribution in [3.05, 3.63) is 29.3 Å². The van der Waals surface area contributed by atoms with Gasteiger partial charge in [0.15, 0.2) is 0 Å². The van der Waals surface area contributed by atoms with E-state index in [1.165, 1.54) is 16.8 Å². The number of carbonyl (C=O) groups is 1. The average Bonchev–Trinajstić information content (AvgIpc) is 3.08. The molecule has 25 heavy (non-hydrogen) atoms. The standard InChI is InChI=1S/C20H28N2O3/c1-20(2,3)25-19(23)22-17-6-7-18(22)10-16(9-17)21-15-5-4-13-11-24-12-14(13)8-15/h4-5,8,16-18,21H,6-7,9-12H2,1-3H3. The molecule has 2 unspecified atom stereocenters. The first-order valence-corrected chi connectivity index (χ1v) is 9.36. The molecule has 0 spiro atoms. The molecular formula is C20H28N2O3. The summed E-state index contributed by atoms with van der Waals surface area (Å²) in [5.74, 6) is 0. The lowest BCUT2D eigenvalue weighted by Gasteiger charge is -2.40. The smallest absolute Gasteiger partial charge is 0.410 e. The van der Waals surface area contributed by atoms with Crippen molar-refractivity contribution >= 4 is 11.8 Å². The molecule has 1 aromatic rings. The van der Waals surface area contributed by atoms with Crippen LogP contribution in [0.25, 0.3) is 0 Å². The zero-order valence-corrected chi connectivity index (χ0v) is 15.4. The number of ether oxygens (including phenoxy) is 2. The van der Waals surface area contributed by atoms with Gasteiger partial charge in [-0.15, -0.1) is 0 Å². The number of carbonyl (C=O) groups excluding carboxylic acids is 1. The fourth-order valence-electron chi connectivity index (χ4n) is 4.41. The first-order valence-electron chi connectivity index (χ1n) is 9.36. The van der Waals surface area contributed by atoms with Crippen LogP contribution in [0.5, 0.6) is 0 Å². The predicted octanol–water partition coefficient (Wildman–Crippen LogP) is 4.06. The predicted molar refractivity (Wildman–Crippen MR) is 96.5 cm³/mol. The van der Waals surface area contributed by atoms with Crippen LogP contribution in [0.1, 0.15) is 57.6 Å². The second-order valence-corrected chi connectivity index (χ2v) is 8.56. The molecule has 136 valence electrons. The average molecular weight is 344 g/mol. The molecule has 2 bridgehead atoms. The number of hydrogen-bond acceptors (Lipinski definition) is 4. The molecule has 3 aliphatic rings. The SMILES string of the molecule is CC(C)(C)OC(=O)N1C2CCC1CC(Nc1ccc3c(c1)COC3)C2. The lowest BCUT2D eigenvalue weighted by atomic mass is 9.97. The Morgan fingerprint density at radius 2 is 1.84 bits per heavy atom. The molecule has 4 rings (SSSR count). The number of amides is 1. The first kappa shape index (κ1) is 16.7. The van der Waals surface area contributed by atoms with Gasteiger partial charge in [-0.05, 0) is 69.7 Å². The highest BCUT2D eigenvalue weighted by Crippen LogP contribution is 2.38. The van der Waals surface area contributed by atoms with Gasteiger partial charge in [0.25, 0.3) is 0 Å². The highest BCUT2D eigenvalue weighted by atomic mass is 16.6. The number of rotatable bonds is 2. The molecule has 0 aliphatic carbocycles. The molecule has 3 heterocycles. The van der Waals surface area contributed by atoms with Crippen LogP contribution in [-0.4, -0.2) is 34.7 Å². The Labute approximate surface area is 149 Å². The highest BCUT2D eigenvalue weighted by Gasteiger charge is 2.44. The number of nitrogens with one attached hydrogen (secondary N) is 1. The van der Waals surface area contributed by atoms with Gasteiger partial charge in [0.1, 0.15) is 5.60 Å². The molecular weight excluding hydrogens is 316 g/mol. The summed E-state index contributed by atoms with van der Waals surface area (Å²) in [6, 6.07) is 7.53. The Hall–Kier alpha value is -1.75. The lowest BCUT2D eigenvalue weighted by Crippen LogP contribution is -2.51. The minimum Gasteiger partial charge on any atom is -0.444 e. The van der Waals surface area contributed by atoms with Crippen LogP contribution >= 0.6 is 0 Å². The molecule has 2 atom stereocenters. The normalized spacial score (nSPS) is 28.0. The molecule has 1 aromatic carbocycles. The second-order valence-electron chi connectivity index (χ2n) is 8.56. The molecule has 3 aliphatic heterocycles. The summed E-state index contributed by atoms with van der Waals surface area (Å²) in [6.07, 6.45) is 4.00. The lowest BCUT2D eigenvalue weighted by molar-refractivity contribution is 0.00684. The molecule has 1 N–H and O–H groups in total. The summed E-state index contributed by atoms with van der Waals surface area (Å²) in [5, 5.41) is 3.68. The highest BCUT2D eigenvalue weighted by molar-refractivity contribution is 5.69. The van der Waals surface area contributed by atoms with Crippen LogP contribution in [-0.2, 0) is 22.7 Å². The summed E-state index contributed by atoms with van der Waals surface area (Å²) in [7, 11) is 0. The molecule has 1 amide bonds. The van der Waals surface area contributed by atoms with Crippen LogP contribution in [0.4, 0.5) is 10.5 Å². The van der Waals surface area contributed by atoms with E-state index in [-0.39, 0.29) is 6.09 Å². The van der Waals surface area contributed by atoms with E-state index in [0.29, 0.717) is 24.7 Å². The van der Waals surface area contributed by atoms with Gasteiger partial charge >= 0.3 is 6.09 Å². The summed E-state index contributed by atoms with van der Waals surface area (Å²) < 4.78 is 11.1. The molecule has 0 aromatic heterocycles. The van der Waals surface area contributed by atoms with E-state index >= 15 is 0 Å². The maximum Gasteiger partial charge on any atom is 0.410 e. The Balaban J connectivity index is 1.40. The minimum atomic E-state index is -0.432. The van der Waals surface area contributed by atoms with Crippen LogP contribution < -0.4 is 5.32 Å². The molecule has 2 saturated heterocycles. The second kappa shape index (κ2) is 6.20. The number of hydrogen-bond donors (Lipinski definition) is 1. The zero-order valence-electron chi connectivity index (χ0n) is 15.4. The summed E-state index contributed by atoms with van der Waals surface area (Å²) in [4.78, 5) is 14.5. The Kier molecular flexibility index (Phi) is 4.14. The quantitative estimate of drug-likeness (QED) is 0.879. The van der Waals surface area contributed by atoms with Gasteiger partial charge in [0.05, 0.1) is 13.2 Å². The Morgan fingerprint density at radius 1 is 1.16 bits per heavy atom. The third-order valence-corrected chi connectivity index (χ3v) is 5.43. The fourth-order valence-corrected chi connectivity index (χ4v) is 4.41. The van der Waals surface area contributed by atoms with E-state index in [0.717, 1.165) is 32.3 Å². The minimum absolute atomic E-state index is 0.145. The fraction of sp³-hybridized carbons (Fsp3) is 0.650. The van der Waals surface area contributed by atoms with Crippen molar-refractivity contribution in [3.63, 3.8) is 0 Å². The zero-order chi connectivity index (χ0) is 17.6. The Morgan fingerprint density at radius 3 is 2.52 bits per heavy atom. The van der Waals surface area contributed by atoms with E-state index in [2.05, 4.69) is 23.5 Å². The molecule has 2 fully saturated rings. The van der Waals surface area contributed by atoms with Gasteiger partial charge < -0.3 is 19.7 Å². The topological polar surface area (TPSA) is 50.8 Å². The van der Waals surface area contributed by atoms with Crippen LogP contribution in [0.15, 0.2) is 18.2 Å². The van der Waals surface area contributed by atoms with Gasteiger partial charge in [-0.3, -0.25) is 0 Å². The van der Waals surface area contributed by atoms with Gasteiger partial charge in [-0.1, -0.05) is 6.07 Å². The Bertz CT molecular complexity index is 653. The molecule has 5 nitrogen and oxygen atoms in total. The van der Waals surface area contributed by atoms with E-state index in [4.69, 9.17) is 9.47 Å². The number of benzene rings is 1. The molecule has 5 heteroatoms. The molecule has 0 radical (unpaired) electrons. The van der Waals surface area contributed by atoms with Gasteiger partial charge in [-0.2, -0.15) is 0 Å². The van der Waals surface area contributed by atoms with Crippen molar-refractivity contribution in [3.8, 4) is 0 Å². The first-order chi connectivity index (χ1) is 11.9. The van der Waals surface area contributed by atoms with Gasteiger partial charge in [0, 0.05) is 23.8 Å². The number of nitrogens with zero attached hydrogens (tertiary/aromatic N) is 1. The van der Waals surface area contributed by atoms with E-state index in [1.54, 1.807) is 0 Å². The van der Waals surface area contributed by atoms with Crippen molar-refractivity contribution in [1.29, 1.82) is 0 Å². The number of piperidine rings is 1. The maximum atomic E-state index is 12.5. The maximum absolute atomic E-state index is 12.5. The molecule has 0 saturated carbocycles. The van der Waals surface area contributed by atoms with Crippen LogP contribution in [0.2, 0.25) is 0 Å². The van der Waals surface area contributed by atoms with Crippen molar-refractivity contribution in [2.75, 3.05) is 5.32 Å². The summed E-state index contributed by atoms with van der Waals surface area (Å²) >= 11 is 0. The van der Waals surface area contributed by atoms with Crippen molar-refractivity contribution in [1.82, 2.24) is 4.90 Å². The van der Waals surface area contributed by atoms with Crippen molar-refractivity contribution in [2.45, 2.75) is 83.4 Å². The van der Waals surface area contributed by atoms with Gasteiger partial charge in [-0.25, -0.2) is 4.79 Å². The van der Waals surface area contributed by atoms with Crippen molar-refractivity contribution in [2.24, 2.45) is 0 Å². The summed E-state index contributed by atoms with van der Waals surface area (Å²) in [5.41, 5.74) is 3.32. The van der Waals surface area contributed by atoms with Crippen molar-refractivity contribution < 1.29 is 14.3 Å².